The number of hydrogen-bond acceptors (Lipinski definition) is 1. The van der Waals surface area contributed by atoms with Crippen molar-refractivity contribution >= 4 is 0 Å². The fourth-order valence-corrected chi connectivity index (χ4v) is 3.10. The van der Waals surface area contributed by atoms with Crippen LogP contribution >= 0.6 is 0 Å². The Bertz CT molecular complexity index is 831. The number of aromatic nitrogens is 2. The third-order valence-electron chi connectivity index (χ3n) is 4.71. The van der Waals surface area contributed by atoms with Crippen molar-refractivity contribution in [3.63, 3.8) is 0 Å². The molecule has 2 nitrogen and oxygen atoms in total. The third-order valence-corrected chi connectivity index (χ3v) is 4.71. The van der Waals surface area contributed by atoms with E-state index in [2.05, 4.69) is 94.0 Å². The Kier molecular flexibility index (Phi) is 4.80. The summed E-state index contributed by atoms with van der Waals surface area (Å²) in [6.07, 6.45) is 4.26. The van der Waals surface area contributed by atoms with E-state index in [9.17, 15) is 0 Å². The van der Waals surface area contributed by atoms with Gasteiger partial charge in [-0.05, 0) is 28.5 Å². The molecular formula is C23H28N2. The predicted molar refractivity (Wildman–Crippen MR) is 107 cm³/mol. The maximum absolute atomic E-state index is 4.77. The van der Waals surface area contributed by atoms with E-state index in [1.165, 1.54) is 22.3 Å². The summed E-state index contributed by atoms with van der Waals surface area (Å²) in [4.78, 5) is 4.77. The van der Waals surface area contributed by atoms with E-state index >= 15 is 0 Å². The van der Waals surface area contributed by atoms with E-state index in [1.54, 1.807) is 0 Å². The second kappa shape index (κ2) is 6.87. The molecule has 25 heavy (non-hydrogen) atoms. The summed E-state index contributed by atoms with van der Waals surface area (Å²) < 4.78 is 2.14. The lowest BCUT2D eigenvalue weighted by Crippen LogP contribution is -2.10. The highest BCUT2D eigenvalue weighted by atomic mass is 15.0. The number of benzene rings is 2. The first-order valence-corrected chi connectivity index (χ1v) is 9.12. The standard InChI is InChI=1S/C23H28N2/c1-6-7-22-24-21(16-25(22)5)19-10-8-17(9-11-19)18-12-14-20(15-13-18)23(2,3)4/h8-16H,6-7H2,1-5H3. The molecule has 0 amide bonds. The third kappa shape index (κ3) is 3.84. The highest BCUT2D eigenvalue weighted by Crippen LogP contribution is 2.28. The molecule has 0 unspecified atom stereocenters. The zero-order chi connectivity index (χ0) is 18.0. The predicted octanol–water partition coefficient (Wildman–Crippen LogP) is 6.00. The molecule has 0 saturated carbocycles. The van der Waals surface area contributed by atoms with Crippen LogP contribution in [0.5, 0.6) is 0 Å². The summed E-state index contributed by atoms with van der Waals surface area (Å²) in [5.41, 5.74) is 6.29. The molecule has 3 rings (SSSR count). The van der Waals surface area contributed by atoms with Crippen LogP contribution in [0.25, 0.3) is 22.4 Å². The van der Waals surface area contributed by atoms with E-state index in [0.717, 1.165) is 24.4 Å². The van der Waals surface area contributed by atoms with Gasteiger partial charge in [0.1, 0.15) is 5.82 Å². The molecule has 0 atom stereocenters. The Labute approximate surface area is 151 Å². The number of nitrogens with zero attached hydrogens (tertiary/aromatic N) is 2. The van der Waals surface area contributed by atoms with Gasteiger partial charge in [-0.3, -0.25) is 0 Å². The minimum absolute atomic E-state index is 0.192. The molecule has 0 spiro atoms. The summed E-state index contributed by atoms with van der Waals surface area (Å²) in [6, 6.07) is 17.6. The Morgan fingerprint density at radius 3 is 1.88 bits per heavy atom. The maximum Gasteiger partial charge on any atom is 0.109 e. The highest BCUT2D eigenvalue weighted by molar-refractivity contribution is 5.69. The van der Waals surface area contributed by atoms with Gasteiger partial charge in [0.05, 0.1) is 5.69 Å². The van der Waals surface area contributed by atoms with Crippen LogP contribution in [0, 0.1) is 0 Å². The Morgan fingerprint density at radius 2 is 1.36 bits per heavy atom. The van der Waals surface area contributed by atoms with Crippen molar-refractivity contribution in [2.45, 2.75) is 46.0 Å². The molecule has 2 heteroatoms. The summed E-state index contributed by atoms with van der Waals surface area (Å²) in [7, 11) is 2.08. The van der Waals surface area contributed by atoms with Gasteiger partial charge in [-0.2, -0.15) is 0 Å². The van der Waals surface area contributed by atoms with Crippen molar-refractivity contribution in [3.05, 3.63) is 66.1 Å². The fourth-order valence-electron chi connectivity index (χ4n) is 3.10. The van der Waals surface area contributed by atoms with Crippen molar-refractivity contribution in [1.29, 1.82) is 0 Å². The fraction of sp³-hybridized carbons (Fsp3) is 0.348. The lowest BCUT2D eigenvalue weighted by molar-refractivity contribution is 0.590. The van der Waals surface area contributed by atoms with Gasteiger partial charge in [0.25, 0.3) is 0 Å². The molecule has 0 aliphatic carbocycles. The zero-order valence-corrected chi connectivity index (χ0v) is 16.0. The number of imidazole rings is 1. The average Bonchev–Trinajstić information content (AvgIpc) is 2.96. The van der Waals surface area contributed by atoms with E-state index in [1.807, 2.05) is 0 Å². The summed E-state index contributed by atoms with van der Waals surface area (Å²) in [5.74, 6) is 1.15. The zero-order valence-electron chi connectivity index (χ0n) is 16.0. The van der Waals surface area contributed by atoms with Gasteiger partial charge in [0, 0.05) is 25.2 Å². The molecular weight excluding hydrogens is 304 g/mol. The van der Waals surface area contributed by atoms with Crippen molar-refractivity contribution in [3.8, 4) is 22.4 Å². The maximum atomic E-state index is 4.77. The van der Waals surface area contributed by atoms with Crippen molar-refractivity contribution in [1.82, 2.24) is 9.55 Å². The normalized spacial score (nSPS) is 11.7. The second-order valence-electron chi connectivity index (χ2n) is 7.81. The first kappa shape index (κ1) is 17.5. The van der Waals surface area contributed by atoms with Crippen LogP contribution in [0.4, 0.5) is 0 Å². The molecule has 2 aromatic carbocycles. The van der Waals surface area contributed by atoms with Gasteiger partial charge in [0.2, 0.25) is 0 Å². The number of rotatable bonds is 4. The van der Waals surface area contributed by atoms with Gasteiger partial charge in [-0.25, -0.2) is 4.98 Å². The number of hydrogen-bond donors (Lipinski definition) is 0. The quantitative estimate of drug-likeness (QED) is 0.572. The van der Waals surface area contributed by atoms with E-state index in [0.29, 0.717) is 0 Å². The SMILES string of the molecule is CCCc1nc(-c2ccc(-c3ccc(C(C)(C)C)cc3)cc2)cn1C. The van der Waals surface area contributed by atoms with E-state index in [-0.39, 0.29) is 5.41 Å². The monoisotopic (exact) mass is 332 g/mol. The minimum atomic E-state index is 0.192. The molecule has 0 aliphatic heterocycles. The lowest BCUT2D eigenvalue weighted by Gasteiger charge is -2.19. The van der Waals surface area contributed by atoms with Crippen LogP contribution in [0.2, 0.25) is 0 Å². The lowest BCUT2D eigenvalue weighted by atomic mass is 9.86. The van der Waals surface area contributed by atoms with Crippen molar-refractivity contribution < 1.29 is 0 Å². The van der Waals surface area contributed by atoms with Crippen LogP contribution in [0.1, 0.15) is 45.5 Å². The molecule has 0 fully saturated rings. The molecule has 0 radical (unpaired) electrons. The second-order valence-corrected chi connectivity index (χ2v) is 7.81. The summed E-state index contributed by atoms with van der Waals surface area (Å²) in [6.45, 7) is 8.93. The van der Waals surface area contributed by atoms with Gasteiger partial charge in [0.15, 0.2) is 0 Å². The van der Waals surface area contributed by atoms with Gasteiger partial charge in [-0.1, -0.05) is 76.2 Å². The first-order chi connectivity index (χ1) is 11.9. The Morgan fingerprint density at radius 1 is 0.840 bits per heavy atom. The first-order valence-electron chi connectivity index (χ1n) is 9.12. The molecule has 0 bridgehead atoms. The summed E-state index contributed by atoms with van der Waals surface area (Å²) >= 11 is 0. The van der Waals surface area contributed by atoms with Crippen molar-refractivity contribution in [2.24, 2.45) is 7.05 Å². The smallest absolute Gasteiger partial charge is 0.109 e. The van der Waals surface area contributed by atoms with Gasteiger partial charge in [-0.15, -0.1) is 0 Å². The van der Waals surface area contributed by atoms with E-state index < -0.39 is 0 Å². The Hall–Kier alpha value is -2.35. The Balaban J connectivity index is 1.84. The van der Waals surface area contributed by atoms with Crippen LogP contribution < -0.4 is 0 Å². The largest absolute Gasteiger partial charge is 0.337 e. The van der Waals surface area contributed by atoms with E-state index in [4.69, 9.17) is 4.98 Å². The van der Waals surface area contributed by atoms with Crippen molar-refractivity contribution in [2.75, 3.05) is 0 Å². The highest BCUT2D eigenvalue weighted by Gasteiger charge is 2.13. The molecule has 1 aromatic heterocycles. The molecule has 130 valence electrons. The molecule has 1 heterocycles. The minimum Gasteiger partial charge on any atom is -0.337 e. The average molecular weight is 332 g/mol. The van der Waals surface area contributed by atoms with Crippen LogP contribution in [0.3, 0.4) is 0 Å². The van der Waals surface area contributed by atoms with Gasteiger partial charge >= 0.3 is 0 Å². The molecule has 3 aromatic rings. The van der Waals surface area contributed by atoms with Crippen LogP contribution in [-0.4, -0.2) is 9.55 Å². The number of aryl methyl sites for hydroxylation is 2. The van der Waals surface area contributed by atoms with Crippen LogP contribution in [0.15, 0.2) is 54.7 Å². The molecule has 0 N–H and O–H groups in total. The topological polar surface area (TPSA) is 17.8 Å². The molecule has 0 saturated heterocycles. The summed E-state index contributed by atoms with van der Waals surface area (Å²) in [5, 5.41) is 0. The van der Waals surface area contributed by atoms with Crippen LogP contribution in [-0.2, 0) is 18.9 Å². The van der Waals surface area contributed by atoms with Gasteiger partial charge < -0.3 is 4.57 Å². The molecule has 0 aliphatic rings.